The molecule has 1 atom stereocenters. The number of nitrogens with zero attached hydrogens (tertiary/aromatic N) is 1. The van der Waals surface area contributed by atoms with Crippen LogP contribution in [0.2, 0.25) is 5.02 Å². The molecule has 0 fully saturated rings. The Balaban J connectivity index is 2.64. The van der Waals surface area contributed by atoms with Crippen molar-refractivity contribution in [3.63, 3.8) is 0 Å². The Morgan fingerprint density at radius 1 is 1.56 bits per heavy atom. The summed E-state index contributed by atoms with van der Waals surface area (Å²) in [5.74, 6) is 0. The summed E-state index contributed by atoms with van der Waals surface area (Å²) in [6.07, 6.45) is 1.17. The average Bonchev–Trinajstić information content (AvgIpc) is 2.31. The van der Waals surface area contributed by atoms with Gasteiger partial charge in [-0.15, -0.1) is 0 Å². The summed E-state index contributed by atoms with van der Waals surface area (Å²) >= 11 is 5.94. The van der Waals surface area contributed by atoms with Gasteiger partial charge in [0.15, 0.2) is 0 Å². The Bertz CT molecular complexity index is 412. The number of rotatable bonds is 7. The van der Waals surface area contributed by atoms with Crippen LogP contribution in [0, 0.1) is 10.1 Å². The molecular formula is C12H17ClN2O3. The highest BCUT2D eigenvalue weighted by atomic mass is 35.5. The van der Waals surface area contributed by atoms with Crippen LogP contribution in [0.25, 0.3) is 0 Å². The second kappa shape index (κ2) is 7.31. The molecule has 0 aliphatic heterocycles. The van der Waals surface area contributed by atoms with Crippen molar-refractivity contribution in [2.75, 3.05) is 6.54 Å². The van der Waals surface area contributed by atoms with Gasteiger partial charge in [-0.25, -0.2) is 0 Å². The molecule has 18 heavy (non-hydrogen) atoms. The Hall–Kier alpha value is -1.17. The van der Waals surface area contributed by atoms with Gasteiger partial charge >= 0.3 is 0 Å². The van der Waals surface area contributed by atoms with Crippen molar-refractivity contribution < 1.29 is 10.0 Å². The largest absolute Gasteiger partial charge is 0.392 e. The predicted molar refractivity (Wildman–Crippen MR) is 70.7 cm³/mol. The topological polar surface area (TPSA) is 75.4 Å². The van der Waals surface area contributed by atoms with Gasteiger partial charge in [-0.3, -0.25) is 10.1 Å². The first-order valence-corrected chi connectivity index (χ1v) is 6.24. The van der Waals surface area contributed by atoms with E-state index in [2.05, 4.69) is 5.32 Å². The predicted octanol–water partition coefficient (Wildman–Crippen LogP) is 2.50. The summed E-state index contributed by atoms with van der Waals surface area (Å²) in [7, 11) is 0. The van der Waals surface area contributed by atoms with Gasteiger partial charge in [0, 0.05) is 19.2 Å². The fourth-order valence-corrected chi connectivity index (χ4v) is 1.93. The molecule has 0 saturated heterocycles. The quantitative estimate of drug-likeness (QED) is 0.591. The smallest absolute Gasteiger partial charge is 0.275 e. The molecule has 5 nitrogen and oxygen atoms in total. The van der Waals surface area contributed by atoms with Crippen molar-refractivity contribution in [3.05, 3.63) is 38.9 Å². The molecule has 6 heteroatoms. The van der Waals surface area contributed by atoms with E-state index in [1.54, 1.807) is 12.1 Å². The molecule has 0 aromatic heterocycles. The van der Waals surface area contributed by atoms with Gasteiger partial charge in [-0.1, -0.05) is 31.0 Å². The highest BCUT2D eigenvalue weighted by Gasteiger charge is 2.16. The van der Waals surface area contributed by atoms with Crippen molar-refractivity contribution in [2.45, 2.75) is 32.4 Å². The molecule has 0 heterocycles. The van der Waals surface area contributed by atoms with Gasteiger partial charge < -0.3 is 10.4 Å². The fraction of sp³-hybridized carbons (Fsp3) is 0.500. The first-order valence-electron chi connectivity index (χ1n) is 5.86. The lowest BCUT2D eigenvalue weighted by Gasteiger charge is -2.11. The van der Waals surface area contributed by atoms with Crippen LogP contribution in [0.4, 0.5) is 5.69 Å². The highest BCUT2D eigenvalue weighted by Crippen LogP contribution is 2.25. The Kier molecular flexibility index (Phi) is 6.04. The lowest BCUT2D eigenvalue weighted by Crippen LogP contribution is -2.26. The number of aliphatic hydroxyl groups is 1. The third kappa shape index (κ3) is 4.25. The van der Waals surface area contributed by atoms with Crippen LogP contribution in [0.1, 0.15) is 25.3 Å². The van der Waals surface area contributed by atoms with Crippen molar-refractivity contribution in [2.24, 2.45) is 0 Å². The number of aliphatic hydroxyl groups excluding tert-OH is 1. The normalized spacial score (nSPS) is 12.4. The van der Waals surface area contributed by atoms with Crippen LogP contribution >= 0.6 is 11.6 Å². The van der Waals surface area contributed by atoms with Gasteiger partial charge in [-0.2, -0.15) is 0 Å². The fourth-order valence-electron chi connectivity index (χ4n) is 1.69. The molecule has 1 rings (SSSR count). The third-order valence-corrected chi connectivity index (χ3v) is 2.95. The SMILES string of the molecule is CCCC(O)CNCc1c(Cl)cccc1[N+](=O)[O-]. The number of nitro benzene ring substituents is 1. The number of hydrogen-bond acceptors (Lipinski definition) is 4. The Morgan fingerprint density at radius 3 is 2.89 bits per heavy atom. The van der Waals surface area contributed by atoms with Crippen LogP contribution in [0.3, 0.4) is 0 Å². The first-order chi connectivity index (χ1) is 8.56. The van der Waals surface area contributed by atoms with Crippen LogP contribution < -0.4 is 5.32 Å². The minimum absolute atomic E-state index is 0.0000173. The standard InChI is InChI=1S/C12H17ClN2O3/c1-2-4-9(16)7-14-8-10-11(13)5-3-6-12(10)15(17)18/h3,5-6,9,14,16H,2,4,7-8H2,1H3. The van der Waals surface area contributed by atoms with E-state index in [1.807, 2.05) is 6.92 Å². The number of halogens is 1. The monoisotopic (exact) mass is 272 g/mol. The molecule has 100 valence electrons. The molecule has 1 aromatic rings. The molecule has 2 N–H and O–H groups in total. The lowest BCUT2D eigenvalue weighted by molar-refractivity contribution is -0.385. The van der Waals surface area contributed by atoms with Crippen LogP contribution in [0.15, 0.2) is 18.2 Å². The molecule has 0 spiro atoms. The zero-order chi connectivity index (χ0) is 13.5. The molecule has 0 radical (unpaired) electrons. The van der Waals surface area contributed by atoms with Crippen molar-refractivity contribution in [1.82, 2.24) is 5.32 Å². The molecule has 0 amide bonds. The molecule has 0 aliphatic carbocycles. The van der Waals surface area contributed by atoms with Gasteiger partial charge in [0.2, 0.25) is 0 Å². The number of nitro groups is 1. The van der Waals surface area contributed by atoms with E-state index in [1.165, 1.54) is 6.07 Å². The van der Waals surface area contributed by atoms with Gasteiger partial charge in [0.25, 0.3) is 5.69 Å². The summed E-state index contributed by atoms with van der Waals surface area (Å²) < 4.78 is 0. The molecule has 0 saturated carbocycles. The van der Waals surface area contributed by atoms with Gasteiger partial charge in [0.1, 0.15) is 0 Å². The van der Waals surface area contributed by atoms with E-state index >= 15 is 0 Å². The summed E-state index contributed by atoms with van der Waals surface area (Å²) in [6.45, 7) is 2.66. The van der Waals surface area contributed by atoms with Crippen molar-refractivity contribution in [1.29, 1.82) is 0 Å². The van der Waals surface area contributed by atoms with E-state index in [0.29, 0.717) is 23.6 Å². The lowest BCUT2D eigenvalue weighted by atomic mass is 10.1. The van der Waals surface area contributed by atoms with E-state index in [-0.39, 0.29) is 12.2 Å². The van der Waals surface area contributed by atoms with E-state index in [4.69, 9.17) is 11.6 Å². The number of benzene rings is 1. The van der Waals surface area contributed by atoms with Gasteiger partial charge in [0.05, 0.1) is 21.6 Å². The first kappa shape index (κ1) is 14.9. The summed E-state index contributed by atoms with van der Waals surface area (Å²) in [5.41, 5.74) is 0.452. The molecule has 0 bridgehead atoms. The van der Waals surface area contributed by atoms with Crippen LogP contribution in [-0.2, 0) is 6.54 Å². The minimum atomic E-state index is -0.453. The zero-order valence-electron chi connectivity index (χ0n) is 10.2. The Labute approximate surface area is 111 Å². The van der Waals surface area contributed by atoms with E-state index < -0.39 is 11.0 Å². The van der Waals surface area contributed by atoms with Crippen molar-refractivity contribution >= 4 is 17.3 Å². The second-order valence-electron chi connectivity index (χ2n) is 4.07. The average molecular weight is 273 g/mol. The van der Waals surface area contributed by atoms with Crippen LogP contribution in [-0.4, -0.2) is 22.7 Å². The summed E-state index contributed by atoms with van der Waals surface area (Å²) in [6, 6.07) is 4.59. The number of hydrogen-bond donors (Lipinski definition) is 2. The van der Waals surface area contributed by atoms with Crippen LogP contribution in [0.5, 0.6) is 0 Å². The second-order valence-corrected chi connectivity index (χ2v) is 4.48. The zero-order valence-corrected chi connectivity index (χ0v) is 11.0. The maximum absolute atomic E-state index is 10.8. The number of nitrogens with one attached hydrogen (secondary N) is 1. The minimum Gasteiger partial charge on any atom is -0.392 e. The maximum Gasteiger partial charge on any atom is 0.275 e. The van der Waals surface area contributed by atoms with E-state index in [9.17, 15) is 15.2 Å². The maximum atomic E-state index is 10.8. The van der Waals surface area contributed by atoms with Crippen molar-refractivity contribution in [3.8, 4) is 0 Å². The molecule has 1 unspecified atom stereocenters. The third-order valence-electron chi connectivity index (χ3n) is 2.59. The highest BCUT2D eigenvalue weighted by molar-refractivity contribution is 6.31. The summed E-state index contributed by atoms with van der Waals surface area (Å²) in [4.78, 5) is 10.4. The molecule has 0 aliphatic rings. The molecule has 1 aromatic carbocycles. The Morgan fingerprint density at radius 2 is 2.28 bits per heavy atom. The van der Waals surface area contributed by atoms with E-state index in [0.717, 1.165) is 6.42 Å². The summed E-state index contributed by atoms with van der Waals surface area (Å²) in [5, 5.41) is 23.7. The molecular weight excluding hydrogens is 256 g/mol. The van der Waals surface area contributed by atoms with Gasteiger partial charge in [-0.05, 0) is 12.5 Å².